The van der Waals surface area contributed by atoms with Crippen LogP contribution < -0.4 is 15.2 Å². The molecule has 0 radical (unpaired) electrons. The minimum atomic E-state index is -0.480. The second-order valence-corrected chi connectivity index (χ2v) is 4.97. The molecule has 0 spiro atoms. The lowest BCUT2D eigenvalue weighted by molar-refractivity contribution is 0.0588. The second-order valence-electron chi connectivity index (χ2n) is 4.97. The number of anilines is 1. The van der Waals surface area contributed by atoms with E-state index in [1.54, 1.807) is 18.2 Å². The van der Waals surface area contributed by atoms with Gasteiger partial charge in [0.15, 0.2) is 0 Å². The van der Waals surface area contributed by atoms with Crippen LogP contribution in [-0.4, -0.2) is 40.4 Å². The van der Waals surface area contributed by atoms with Crippen LogP contribution in [0.1, 0.15) is 26.3 Å². The maximum absolute atomic E-state index is 11.2. The number of carbonyl (C=O) groups excluding carboxylic acids is 2. The average Bonchev–Trinajstić information content (AvgIpc) is 2.72. The van der Waals surface area contributed by atoms with Crippen LogP contribution in [0.2, 0.25) is 0 Å². The number of ether oxygens (including phenoxy) is 4. The van der Waals surface area contributed by atoms with Gasteiger partial charge in [0.25, 0.3) is 0 Å². The molecule has 2 rings (SSSR count). The van der Waals surface area contributed by atoms with Crippen LogP contribution in [0.4, 0.5) is 5.69 Å². The summed E-state index contributed by atoms with van der Waals surface area (Å²) in [6, 6.07) is 11.3. The third-order valence-corrected chi connectivity index (χ3v) is 3.37. The molecule has 0 saturated carbocycles. The zero-order chi connectivity index (χ0) is 20.4. The number of nitrogens with two attached hydrogens (primary N) is 1. The molecule has 2 aromatic carbocycles. The number of rotatable bonds is 4. The molecular formula is C19H20N2O6. The Balaban J connectivity index is 0.000000271. The number of methoxy groups -OCH3 is 4. The lowest BCUT2D eigenvalue weighted by atomic mass is 10.1. The number of nitrogens with zero attached hydrogens (tertiary/aromatic N) is 1. The summed E-state index contributed by atoms with van der Waals surface area (Å²) in [4.78, 5) is 22.4. The van der Waals surface area contributed by atoms with Crippen LogP contribution in [0.25, 0.3) is 0 Å². The predicted octanol–water partition coefficient (Wildman–Crippen LogP) is 2.42. The predicted molar refractivity (Wildman–Crippen MR) is 97.8 cm³/mol. The molecule has 0 aliphatic heterocycles. The molecule has 0 bridgehead atoms. The van der Waals surface area contributed by atoms with E-state index in [-0.39, 0.29) is 0 Å². The van der Waals surface area contributed by atoms with E-state index in [0.29, 0.717) is 33.9 Å². The first kappa shape index (κ1) is 21.3. The Kier molecular flexibility index (Phi) is 8.13. The molecule has 142 valence electrons. The Labute approximate surface area is 157 Å². The van der Waals surface area contributed by atoms with Crippen molar-refractivity contribution in [2.24, 2.45) is 0 Å². The molecule has 8 nitrogen and oxygen atoms in total. The number of carbonyl (C=O) groups is 2. The molecule has 0 fully saturated rings. The first-order valence-electron chi connectivity index (χ1n) is 7.60. The van der Waals surface area contributed by atoms with Crippen LogP contribution >= 0.6 is 0 Å². The maximum Gasteiger partial charge on any atom is 0.341 e. The van der Waals surface area contributed by atoms with Gasteiger partial charge in [0.05, 0.1) is 40.1 Å². The molecule has 2 N–H and O–H groups in total. The Morgan fingerprint density at radius 3 is 1.78 bits per heavy atom. The van der Waals surface area contributed by atoms with Gasteiger partial charge in [-0.05, 0) is 30.3 Å². The van der Waals surface area contributed by atoms with E-state index in [4.69, 9.17) is 20.5 Å². The molecule has 0 aliphatic rings. The van der Waals surface area contributed by atoms with Gasteiger partial charge in [-0.25, -0.2) is 9.59 Å². The van der Waals surface area contributed by atoms with Crippen molar-refractivity contribution >= 4 is 17.6 Å². The van der Waals surface area contributed by atoms with Gasteiger partial charge in [-0.15, -0.1) is 0 Å². The van der Waals surface area contributed by atoms with E-state index in [0.717, 1.165) is 0 Å². The summed E-state index contributed by atoms with van der Waals surface area (Å²) in [5.41, 5.74) is 7.19. The maximum atomic E-state index is 11.2. The van der Waals surface area contributed by atoms with Crippen LogP contribution in [-0.2, 0) is 9.47 Å². The van der Waals surface area contributed by atoms with Crippen molar-refractivity contribution in [3.63, 3.8) is 0 Å². The molecule has 0 unspecified atom stereocenters. The first-order chi connectivity index (χ1) is 12.9. The molecule has 0 atom stereocenters. The van der Waals surface area contributed by atoms with E-state index in [9.17, 15) is 9.59 Å². The molecule has 8 heteroatoms. The van der Waals surface area contributed by atoms with Crippen molar-refractivity contribution in [1.29, 1.82) is 5.26 Å². The summed E-state index contributed by atoms with van der Waals surface area (Å²) in [5, 5.41) is 8.62. The van der Waals surface area contributed by atoms with E-state index in [1.807, 2.05) is 6.07 Å². The van der Waals surface area contributed by atoms with Gasteiger partial charge >= 0.3 is 11.9 Å². The Morgan fingerprint density at radius 2 is 1.33 bits per heavy atom. The monoisotopic (exact) mass is 372 g/mol. The van der Waals surface area contributed by atoms with Gasteiger partial charge in [-0.3, -0.25) is 0 Å². The summed E-state index contributed by atoms with van der Waals surface area (Å²) in [6.07, 6.45) is 0. The summed E-state index contributed by atoms with van der Waals surface area (Å²) in [6.45, 7) is 0. The molecule has 0 heterocycles. The number of nitrogen functional groups attached to an aromatic ring is 1. The molecule has 0 aromatic heterocycles. The zero-order valence-electron chi connectivity index (χ0n) is 15.4. The molecular weight excluding hydrogens is 352 g/mol. The van der Waals surface area contributed by atoms with E-state index in [1.165, 1.54) is 46.6 Å². The normalized spacial score (nSPS) is 9.15. The van der Waals surface area contributed by atoms with Crippen molar-refractivity contribution in [1.82, 2.24) is 0 Å². The van der Waals surface area contributed by atoms with Crippen LogP contribution in [0.15, 0.2) is 36.4 Å². The van der Waals surface area contributed by atoms with Crippen molar-refractivity contribution in [3.8, 4) is 17.6 Å². The Morgan fingerprint density at radius 1 is 0.852 bits per heavy atom. The largest absolute Gasteiger partial charge is 0.496 e. The summed E-state index contributed by atoms with van der Waals surface area (Å²) < 4.78 is 19.0. The number of benzene rings is 2. The zero-order valence-corrected chi connectivity index (χ0v) is 15.4. The standard InChI is InChI=1S/C10H9NO3.C9H11NO3/c1-13-9-5-7(6-11)3-4-8(9)10(12)14-2;1-12-8-5-6(10)3-4-7(8)9(11)13-2/h3-5H,1-2H3;3-5H,10H2,1-2H3. The van der Waals surface area contributed by atoms with E-state index < -0.39 is 11.9 Å². The summed E-state index contributed by atoms with van der Waals surface area (Å²) in [7, 11) is 5.52. The highest BCUT2D eigenvalue weighted by Crippen LogP contribution is 2.22. The van der Waals surface area contributed by atoms with Crippen LogP contribution in [0, 0.1) is 11.3 Å². The van der Waals surface area contributed by atoms with Gasteiger partial charge in [0, 0.05) is 11.8 Å². The topological polar surface area (TPSA) is 121 Å². The fourth-order valence-electron chi connectivity index (χ4n) is 2.03. The second kappa shape index (κ2) is 10.3. The van der Waals surface area contributed by atoms with Gasteiger partial charge in [0.1, 0.15) is 22.6 Å². The van der Waals surface area contributed by atoms with Crippen LogP contribution in [0.5, 0.6) is 11.5 Å². The molecule has 0 saturated heterocycles. The quantitative estimate of drug-likeness (QED) is 0.641. The number of nitriles is 1. The summed E-state index contributed by atoms with van der Waals surface area (Å²) >= 11 is 0. The van der Waals surface area contributed by atoms with E-state index >= 15 is 0 Å². The smallest absolute Gasteiger partial charge is 0.341 e. The van der Waals surface area contributed by atoms with Crippen molar-refractivity contribution < 1.29 is 28.5 Å². The van der Waals surface area contributed by atoms with Crippen molar-refractivity contribution in [2.75, 3.05) is 34.2 Å². The first-order valence-corrected chi connectivity index (χ1v) is 7.60. The minimum absolute atomic E-state index is 0.314. The fraction of sp³-hybridized carbons (Fsp3) is 0.211. The van der Waals surface area contributed by atoms with Gasteiger partial charge in [-0.2, -0.15) is 5.26 Å². The van der Waals surface area contributed by atoms with E-state index in [2.05, 4.69) is 9.47 Å². The van der Waals surface area contributed by atoms with Gasteiger partial charge in [-0.1, -0.05) is 0 Å². The molecule has 2 aromatic rings. The number of esters is 2. The SMILES string of the molecule is COC(=O)c1ccc(C#N)cc1OC.COC(=O)c1ccc(N)cc1OC. The Bertz CT molecular complexity index is 858. The molecule has 0 amide bonds. The number of hydrogen-bond acceptors (Lipinski definition) is 8. The number of hydrogen-bond donors (Lipinski definition) is 1. The highest BCUT2D eigenvalue weighted by Gasteiger charge is 2.13. The van der Waals surface area contributed by atoms with Crippen molar-refractivity contribution in [3.05, 3.63) is 53.1 Å². The van der Waals surface area contributed by atoms with Crippen LogP contribution in [0.3, 0.4) is 0 Å². The lowest BCUT2D eigenvalue weighted by Gasteiger charge is -2.06. The third-order valence-electron chi connectivity index (χ3n) is 3.37. The third kappa shape index (κ3) is 5.64. The molecule has 0 aliphatic carbocycles. The lowest BCUT2D eigenvalue weighted by Crippen LogP contribution is -2.04. The fourth-order valence-corrected chi connectivity index (χ4v) is 2.03. The Hall–Kier alpha value is -3.73. The average molecular weight is 372 g/mol. The summed E-state index contributed by atoms with van der Waals surface area (Å²) in [5.74, 6) is -0.147. The highest BCUT2D eigenvalue weighted by molar-refractivity contribution is 5.93. The molecule has 27 heavy (non-hydrogen) atoms. The minimum Gasteiger partial charge on any atom is -0.496 e. The highest BCUT2D eigenvalue weighted by atomic mass is 16.5. The van der Waals surface area contributed by atoms with Gasteiger partial charge in [0.2, 0.25) is 0 Å². The van der Waals surface area contributed by atoms with Crippen molar-refractivity contribution in [2.45, 2.75) is 0 Å². The van der Waals surface area contributed by atoms with Gasteiger partial charge < -0.3 is 24.7 Å².